The Labute approximate surface area is 155 Å². The smallest absolute Gasteiger partial charge is 0.338 e. The van der Waals surface area contributed by atoms with Crippen LogP contribution in [0, 0.1) is 11.8 Å². The second-order valence-electron chi connectivity index (χ2n) is 6.56. The van der Waals surface area contributed by atoms with E-state index in [1.807, 2.05) is 0 Å². The van der Waals surface area contributed by atoms with Gasteiger partial charge in [-0.25, -0.2) is 9.59 Å². The third-order valence-electron chi connectivity index (χ3n) is 5.54. The third kappa shape index (κ3) is 2.75. The molecule has 0 amide bonds. The summed E-state index contributed by atoms with van der Waals surface area (Å²) in [7, 11) is 4.97. The van der Waals surface area contributed by atoms with Crippen LogP contribution >= 0.6 is 0 Å². The van der Waals surface area contributed by atoms with Gasteiger partial charge in [0.2, 0.25) is 0 Å². The summed E-state index contributed by atoms with van der Waals surface area (Å²) in [6.45, 7) is 0. The highest BCUT2D eigenvalue weighted by atomic mass is 16.5. The summed E-state index contributed by atoms with van der Waals surface area (Å²) < 4.78 is 19.3. The Morgan fingerprint density at radius 2 is 1.07 bits per heavy atom. The molecule has 0 aromatic heterocycles. The molecule has 0 unspecified atom stereocenters. The standard InChI is InChI=1S/C19H20O8/c1-24-16(20)12-5-8-9(6-13(12)17(21)25-2)11-7-10(8)14(18(22)26-3)15(11)19(23)27-4/h5-6,10-11,14-15H,7H2,1-4H3/t10-,11+,14-,15+. The van der Waals surface area contributed by atoms with Crippen molar-refractivity contribution in [3.05, 3.63) is 34.4 Å². The molecule has 4 atom stereocenters. The van der Waals surface area contributed by atoms with Gasteiger partial charge in [0, 0.05) is 0 Å². The van der Waals surface area contributed by atoms with Crippen molar-refractivity contribution >= 4 is 23.9 Å². The molecule has 1 fully saturated rings. The maximum atomic E-state index is 12.3. The number of benzene rings is 1. The van der Waals surface area contributed by atoms with Crippen molar-refractivity contribution in [1.29, 1.82) is 0 Å². The largest absolute Gasteiger partial charge is 0.469 e. The number of hydrogen-bond acceptors (Lipinski definition) is 8. The third-order valence-corrected chi connectivity index (χ3v) is 5.54. The van der Waals surface area contributed by atoms with Crippen LogP contribution < -0.4 is 0 Å². The van der Waals surface area contributed by atoms with Crippen LogP contribution in [0.2, 0.25) is 0 Å². The van der Waals surface area contributed by atoms with Gasteiger partial charge in [-0.1, -0.05) is 0 Å². The van der Waals surface area contributed by atoms with Gasteiger partial charge in [0.15, 0.2) is 0 Å². The van der Waals surface area contributed by atoms with Crippen molar-refractivity contribution < 1.29 is 38.1 Å². The number of carbonyl (C=O) groups is 4. The Morgan fingerprint density at radius 3 is 1.37 bits per heavy atom. The van der Waals surface area contributed by atoms with Gasteiger partial charge in [0.1, 0.15) is 0 Å². The molecule has 8 heteroatoms. The summed E-state index contributed by atoms with van der Waals surface area (Å²) in [5.74, 6) is -4.38. The number of hydrogen-bond donors (Lipinski definition) is 0. The minimum absolute atomic E-state index is 0.0638. The van der Waals surface area contributed by atoms with Crippen LogP contribution in [0.4, 0.5) is 0 Å². The predicted molar refractivity (Wildman–Crippen MR) is 90.2 cm³/mol. The molecule has 0 spiro atoms. The minimum Gasteiger partial charge on any atom is -0.469 e. The molecule has 0 N–H and O–H groups in total. The molecular weight excluding hydrogens is 356 g/mol. The van der Waals surface area contributed by atoms with Crippen LogP contribution in [0.25, 0.3) is 0 Å². The highest BCUT2D eigenvalue weighted by molar-refractivity contribution is 6.04. The number of ether oxygens (including phenoxy) is 4. The normalized spacial score (nSPS) is 24.7. The molecule has 3 rings (SSSR count). The van der Waals surface area contributed by atoms with E-state index in [2.05, 4.69) is 0 Å². The van der Waals surface area contributed by atoms with Crippen molar-refractivity contribution in [2.75, 3.05) is 28.4 Å². The SMILES string of the molecule is COC(=O)c1cc2c(cc1C(=O)OC)[C@@H]1C[C@H]2[C@@H](C(=O)OC)[C@H]1C(=O)OC. The number of rotatable bonds is 4. The van der Waals surface area contributed by atoms with E-state index in [9.17, 15) is 19.2 Å². The fourth-order valence-corrected chi connectivity index (χ4v) is 4.44. The number of carbonyl (C=O) groups excluding carboxylic acids is 4. The van der Waals surface area contributed by atoms with E-state index in [0.717, 1.165) is 11.1 Å². The lowest BCUT2D eigenvalue weighted by molar-refractivity contribution is -0.157. The van der Waals surface area contributed by atoms with Gasteiger partial charge in [-0.15, -0.1) is 0 Å². The Morgan fingerprint density at radius 1 is 0.704 bits per heavy atom. The van der Waals surface area contributed by atoms with Crippen molar-refractivity contribution in [3.63, 3.8) is 0 Å². The van der Waals surface area contributed by atoms with E-state index in [1.165, 1.54) is 28.4 Å². The molecule has 0 aliphatic heterocycles. The Kier molecular flexibility index (Phi) is 4.91. The summed E-state index contributed by atoms with van der Waals surface area (Å²) in [6.07, 6.45) is 0.528. The lowest BCUT2D eigenvalue weighted by Crippen LogP contribution is -2.35. The molecule has 27 heavy (non-hydrogen) atoms. The van der Waals surface area contributed by atoms with Gasteiger partial charge in [-0.05, 0) is 41.5 Å². The van der Waals surface area contributed by atoms with Crippen LogP contribution in [-0.4, -0.2) is 52.3 Å². The maximum Gasteiger partial charge on any atom is 0.338 e. The molecule has 8 nitrogen and oxygen atoms in total. The first-order valence-corrected chi connectivity index (χ1v) is 8.39. The molecular formula is C19H20O8. The average Bonchev–Trinajstić information content (AvgIpc) is 3.26. The first-order valence-electron chi connectivity index (χ1n) is 8.39. The van der Waals surface area contributed by atoms with E-state index in [1.54, 1.807) is 12.1 Å². The van der Waals surface area contributed by atoms with Crippen molar-refractivity contribution in [2.45, 2.75) is 18.3 Å². The minimum atomic E-state index is -0.700. The van der Waals surface area contributed by atoms with Crippen LogP contribution in [0.15, 0.2) is 12.1 Å². The van der Waals surface area contributed by atoms with E-state index in [-0.39, 0.29) is 23.0 Å². The van der Waals surface area contributed by atoms with Gasteiger partial charge < -0.3 is 18.9 Å². The Bertz CT molecular complexity index is 760. The number of fused-ring (bicyclic) bond motifs is 5. The molecule has 2 bridgehead atoms. The van der Waals surface area contributed by atoms with Crippen molar-refractivity contribution in [2.24, 2.45) is 11.8 Å². The van der Waals surface area contributed by atoms with Gasteiger partial charge in [0.25, 0.3) is 0 Å². The molecule has 1 aromatic carbocycles. The highest BCUT2D eigenvalue weighted by Gasteiger charge is 2.58. The lowest BCUT2D eigenvalue weighted by atomic mass is 9.74. The first-order chi connectivity index (χ1) is 12.9. The van der Waals surface area contributed by atoms with Gasteiger partial charge in [0.05, 0.1) is 51.4 Å². The molecule has 1 aromatic rings. The van der Waals surface area contributed by atoms with Crippen LogP contribution in [-0.2, 0) is 28.5 Å². The predicted octanol–water partition coefficient (Wildman–Crippen LogP) is 1.42. The molecule has 0 radical (unpaired) electrons. The lowest BCUT2D eigenvalue weighted by Gasteiger charge is -2.29. The highest BCUT2D eigenvalue weighted by Crippen LogP contribution is 2.60. The second kappa shape index (κ2) is 7.02. The van der Waals surface area contributed by atoms with Crippen molar-refractivity contribution in [3.8, 4) is 0 Å². The van der Waals surface area contributed by atoms with Gasteiger partial charge >= 0.3 is 23.9 Å². The zero-order valence-corrected chi connectivity index (χ0v) is 15.4. The van der Waals surface area contributed by atoms with E-state index >= 15 is 0 Å². The Hall–Kier alpha value is -2.90. The van der Waals surface area contributed by atoms with Crippen molar-refractivity contribution in [1.82, 2.24) is 0 Å². The summed E-state index contributed by atoms with van der Waals surface area (Å²) in [5.41, 5.74) is 1.61. The zero-order chi connectivity index (χ0) is 19.9. The Balaban J connectivity index is 2.17. The van der Waals surface area contributed by atoms with Crippen LogP contribution in [0.3, 0.4) is 0 Å². The van der Waals surface area contributed by atoms with Crippen LogP contribution in [0.1, 0.15) is 50.1 Å². The topological polar surface area (TPSA) is 105 Å². The molecule has 0 saturated heterocycles. The summed E-state index contributed by atoms with van der Waals surface area (Å²) >= 11 is 0. The molecule has 0 heterocycles. The average molecular weight is 376 g/mol. The van der Waals surface area contributed by atoms with Crippen LogP contribution in [0.5, 0.6) is 0 Å². The fraction of sp³-hybridized carbons (Fsp3) is 0.474. The molecule has 2 aliphatic rings. The maximum absolute atomic E-state index is 12.3. The quantitative estimate of drug-likeness (QED) is 0.574. The molecule has 2 aliphatic carbocycles. The van der Waals surface area contributed by atoms with E-state index < -0.39 is 35.7 Å². The fourth-order valence-electron chi connectivity index (χ4n) is 4.44. The number of esters is 4. The zero-order valence-electron chi connectivity index (χ0n) is 15.4. The van der Waals surface area contributed by atoms with E-state index in [4.69, 9.17) is 18.9 Å². The first kappa shape index (κ1) is 18.9. The van der Waals surface area contributed by atoms with Gasteiger partial charge in [-0.2, -0.15) is 0 Å². The molecule has 1 saturated carbocycles. The summed E-state index contributed by atoms with van der Waals surface area (Å²) in [4.78, 5) is 49.0. The summed E-state index contributed by atoms with van der Waals surface area (Å²) in [6, 6.07) is 3.11. The summed E-state index contributed by atoms with van der Waals surface area (Å²) in [5, 5.41) is 0. The number of methoxy groups -OCH3 is 4. The monoisotopic (exact) mass is 376 g/mol. The van der Waals surface area contributed by atoms with E-state index in [0.29, 0.717) is 6.42 Å². The second-order valence-corrected chi connectivity index (χ2v) is 6.56. The molecule has 144 valence electrons. The van der Waals surface area contributed by atoms with Gasteiger partial charge in [-0.3, -0.25) is 9.59 Å².